The van der Waals surface area contributed by atoms with Crippen LogP contribution in [0, 0.1) is 27.7 Å². The number of hydrogen-bond acceptors (Lipinski definition) is 20. The number of pyridine rings is 3. The van der Waals surface area contributed by atoms with Crippen molar-refractivity contribution in [1.82, 2.24) is 49.4 Å². The third kappa shape index (κ3) is 23.7. The smallest absolute Gasteiger partial charge is 0.255 e. The third-order valence-electron chi connectivity index (χ3n) is 18.4. The Balaban J connectivity index is 0.000000257. The second-order valence-electron chi connectivity index (χ2n) is 25.8. The zero-order chi connectivity index (χ0) is 74.8. The van der Waals surface area contributed by atoms with Gasteiger partial charge >= 0.3 is 0 Å². The summed E-state index contributed by atoms with van der Waals surface area (Å²) >= 11 is 0. The first-order chi connectivity index (χ1) is 51.0. The van der Waals surface area contributed by atoms with Gasteiger partial charge in [-0.1, -0.05) is 49.9 Å². The minimum atomic E-state index is -0.121. The van der Waals surface area contributed by atoms with Crippen molar-refractivity contribution in [3.63, 3.8) is 0 Å². The van der Waals surface area contributed by atoms with Crippen molar-refractivity contribution in [2.75, 3.05) is 53.7 Å². The number of amides is 3. The van der Waals surface area contributed by atoms with Gasteiger partial charge in [0.15, 0.2) is 25.1 Å². The van der Waals surface area contributed by atoms with Crippen molar-refractivity contribution in [1.29, 1.82) is 0 Å². The van der Waals surface area contributed by atoms with Gasteiger partial charge in [0.05, 0.1) is 65.9 Å². The van der Waals surface area contributed by atoms with Crippen LogP contribution in [0.25, 0.3) is 11.4 Å². The number of nitrogens with zero attached hydrogens (tertiary/aromatic N) is 10. The first-order valence-corrected chi connectivity index (χ1v) is 35.1. The molecule has 0 spiro atoms. The standard InChI is InChI=1S/2C21H24N2O4.C21H24N2O3.C18H18N4O3.CH4.3H2S/c1-15-6-5-8-19(18(15)13-24)27-14-17-7-3-4-11-23(17)21(25)16-9-10-22-20(12-16)26-2;1-15-6-5-8-19(18(15)13-24)27-14-17-7-3-4-11-23(17)21(25)16-9-10-20(26-2)22-12-16;1-15-6-5-8-20(19(15)13-24)26-14-18-7-3-4-11-23(18)21(25)17-9-10-22-16(2)12-17;1-12(2)22-15(6-7-21-22)18-14(19-8-9-20-18)11-25-17-5-3-4-16(24)13(17)10-23;;;;/h2*5-6,8-10,12-13,17H,3-4,7,11,14H2,1-2H3;5-6,8-10,12-13,18H,3-4,7,11,14H2,1-2H3;3-10,12,24H,11H2,1-2H3;1H4;3*1H2/t2*17-;18-;;;;;/m000...../s1. The molecule has 580 valence electrons. The molecule has 1 N–H and O–H groups in total. The van der Waals surface area contributed by atoms with Gasteiger partial charge in [0.1, 0.15) is 66.6 Å². The van der Waals surface area contributed by atoms with Crippen molar-refractivity contribution in [3.05, 3.63) is 219 Å². The van der Waals surface area contributed by atoms with Gasteiger partial charge in [-0.3, -0.25) is 53.2 Å². The lowest BCUT2D eigenvalue weighted by molar-refractivity contribution is 0.0521. The fourth-order valence-electron chi connectivity index (χ4n) is 12.7. The zero-order valence-corrected chi connectivity index (χ0v) is 65.1. The molecule has 27 heteroatoms. The Morgan fingerprint density at radius 1 is 0.477 bits per heavy atom. The van der Waals surface area contributed by atoms with Crippen LogP contribution in [0.5, 0.6) is 40.5 Å². The minimum Gasteiger partial charge on any atom is -0.507 e. The number of likely N-dealkylation sites (tertiary alicyclic amines) is 3. The quantitative estimate of drug-likeness (QED) is 0.0582. The van der Waals surface area contributed by atoms with Crippen molar-refractivity contribution in [2.24, 2.45) is 0 Å². The molecule has 3 atom stereocenters. The molecule has 109 heavy (non-hydrogen) atoms. The van der Waals surface area contributed by atoms with E-state index in [9.17, 15) is 38.7 Å². The Morgan fingerprint density at radius 3 is 1.36 bits per heavy atom. The third-order valence-corrected chi connectivity index (χ3v) is 18.4. The fraction of sp³-hybridized carbons (Fsp3) is 0.354. The van der Waals surface area contributed by atoms with Crippen LogP contribution in [0.3, 0.4) is 0 Å². The predicted octanol–water partition coefficient (Wildman–Crippen LogP) is 14.1. The molecule has 4 aromatic carbocycles. The molecule has 0 aliphatic carbocycles. The number of benzene rings is 4. The number of aromatic nitrogens is 7. The highest BCUT2D eigenvalue weighted by molar-refractivity contribution is 7.59. The summed E-state index contributed by atoms with van der Waals surface area (Å²) in [6, 6.07) is 33.6. The maximum absolute atomic E-state index is 13.0. The summed E-state index contributed by atoms with van der Waals surface area (Å²) in [6.07, 6.45) is 21.5. The van der Waals surface area contributed by atoms with Crippen molar-refractivity contribution >= 4 is 83.4 Å². The van der Waals surface area contributed by atoms with Crippen LogP contribution in [0.4, 0.5) is 0 Å². The minimum absolute atomic E-state index is 0. The molecule has 3 fully saturated rings. The fourth-order valence-corrected chi connectivity index (χ4v) is 12.7. The maximum atomic E-state index is 13.0. The van der Waals surface area contributed by atoms with Crippen molar-refractivity contribution < 1.29 is 67.1 Å². The highest BCUT2D eigenvalue weighted by Crippen LogP contribution is 2.31. The molecule has 5 aromatic heterocycles. The number of methoxy groups -OCH3 is 2. The van der Waals surface area contributed by atoms with Crippen LogP contribution in [0.2, 0.25) is 0 Å². The number of carbonyl (C=O) groups excluding carboxylic acids is 7. The number of aromatic hydroxyl groups is 1. The number of phenols is 1. The molecule has 8 heterocycles. The number of rotatable bonds is 23. The normalized spacial score (nSPS) is 14.8. The largest absolute Gasteiger partial charge is 0.507 e. The lowest BCUT2D eigenvalue weighted by Gasteiger charge is -2.35. The second-order valence-corrected chi connectivity index (χ2v) is 25.8. The number of carbonyl (C=O) groups is 7. The Labute approximate surface area is 658 Å². The molecular formula is C82H100N10O14S3. The Morgan fingerprint density at radius 2 is 0.917 bits per heavy atom. The van der Waals surface area contributed by atoms with Gasteiger partial charge in [0, 0.05) is 91.8 Å². The average Bonchev–Trinajstić information content (AvgIpc) is 1.63. The summed E-state index contributed by atoms with van der Waals surface area (Å²) in [5, 5.41) is 14.1. The lowest BCUT2D eigenvalue weighted by Crippen LogP contribution is -2.46. The summed E-state index contributed by atoms with van der Waals surface area (Å²) in [6.45, 7) is 14.9. The van der Waals surface area contributed by atoms with Gasteiger partial charge in [-0.25, -0.2) is 9.97 Å². The van der Waals surface area contributed by atoms with Crippen LogP contribution in [0.1, 0.15) is 186 Å². The van der Waals surface area contributed by atoms with Gasteiger partial charge < -0.3 is 48.2 Å². The molecule has 0 bridgehead atoms. The van der Waals surface area contributed by atoms with Gasteiger partial charge in [-0.2, -0.15) is 45.6 Å². The SMILES string of the molecule is C.CC(C)n1nccc1-c1nccnc1COc1cccc(O)c1C=O.COc1cc(C(=O)N2CCCC[C@H]2COc2cccc(C)c2C=O)ccn1.COc1ccc(C(=O)N2CCCC[C@H]2COc2cccc(C)c2C=O)cn1.Cc1cc(C(=O)N2CCCC[C@H]2COc2cccc(C)c2C=O)ccn1.S.S.S. The molecule has 0 unspecified atom stereocenters. The van der Waals surface area contributed by atoms with E-state index >= 15 is 0 Å². The number of phenolic OH excluding ortho intramolecular Hbond substituents is 1. The number of piperidine rings is 3. The maximum Gasteiger partial charge on any atom is 0.255 e. The topological polar surface area (TPSA) is 287 Å². The average molecular weight is 1550 g/mol. The van der Waals surface area contributed by atoms with Gasteiger partial charge in [0.2, 0.25) is 11.8 Å². The second kappa shape index (κ2) is 44.6. The van der Waals surface area contributed by atoms with Gasteiger partial charge in [0.25, 0.3) is 17.7 Å². The summed E-state index contributed by atoms with van der Waals surface area (Å²) in [7, 11) is 3.07. The molecule has 3 aliphatic heterocycles. The zero-order valence-electron chi connectivity index (χ0n) is 62.1. The first kappa shape index (κ1) is 89.0. The molecule has 3 aliphatic rings. The Bertz CT molecular complexity index is 4450. The molecule has 3 amide bonds. The highest BCUT2D eigenvalue weighted by atomic mass is 32.1. The summed E-state index contributed by atoms with van der Waals surface area (Å²) in [5.41, 5.74) is 9.16. The molecule has 0 radical (unpaired) electrons. The summed E-state index contributed by atoms with van der Waals surface area (Å²) in [4.78, 5) is 111. The lowest BCUT2D eigenvalue weighted by atomic mass is 10.0. The van der Waals surface area contributed by atoms with E-state index in [4.69, 9.17) is 28.4 Å². The molecular weight excluding hydrogens is 1450 g/mol. The molecule has 3 saturated heterocycles. The van der Waals surface area contributed by atoms with E-state index in [0.717, 1.165) is 111 Å². The number of hydrogen-bond donors (Lipinski definition) is 1. The van der Waals surface area contributed by atoms with E-state index in [1.165, 1.54) is 13.2 Å². The Kier molecular flexibility index (Phi) is 36.4. The van der Waals surface area contributed by atoms with E-state index in [-0.39, 0.29) is 108 Å². The van der Waals surface area contributed by atoms with E-state index in [2.05, 4.69) is 30.0 Å². The van der Waals surface area contributed by atoms with E-state index in [0.29, 0.717) is 119 Å². The van der Waals surface area contributed by atoms with E-state index < -0.39 is 0 Å². The van der Waals surface area contributed by atoms with Crippen molar-refractivity contribution in [2.45, 2.75) is 138 Å². The van der Waals surface area contributed by atoms with E-state index in [1.807, 2.05) is 109 Å². The summed E-state index contributed by atoms with van der Waals surface area (Å²) in [5.74, 6) is 2.69. The monoisotopic (exact) mass is 1540 g/mol. The molecule has 9 aromatic rings. The molecule has 0 saturated carbocycles. The van der Waals surface area contributed by atoms with E-state index in [1.54, 1.807) is 105 Å². The first-order valence-electron chi connectivity index (χ1n) is 35.1. The molecule has 24 nitrogen and oxygen atoms in total. The predicted molar refractivity (Wildman–Crippen MR) is 432 cm³/mol. The highest BCUT2D eigenvalue weighted by Gasteiger charge is 2.32. The van der Waals surface area contributed by atoms with Gasteiger partial charge in [-0.05, 0) is 177 Å². The van der Waals surface area contributed by atoms with Crippen LogP contribution < -0.4 is 28.4 Å². The van der Waals surface area contributed by atoms with Crippen LogP contribution in [-0.2, 0) is 6.61 Å². The Hall–Kier alpha value is -10.6. The number of aryl methyl sites for hydroxylation is 4. The summed E-state index contributed by atoms with van der Waals surface area (Å²) < 4.78 is 35.6. The van der Waals surface area contributed by atoms with Gasteiger partial charge in [-0.15, -0.1) is 0 Å². The van der Waals surface area contributed by atoms with Crippen LogP contribution in [-0.4, -0.2) is 169 Å². The molecule has 12 rings (SSSR count). The van der Waals surface area contributed by atoms with Crippen molar-refractivity contribution in [3.8, 4) is 51.9 Å². The number of ether oxygens (including phenoxy) is 6. The van der Waals surface area contributed by atoms with Crippen LogP contribution in [0.15, 0.2) is 152 Å². The van der Waals surface area contributed by atoms with Crippen LogP contribution >= 0.6 is 40.5 Å². The number of aldehydes is 4.